The Morgan fingerprint density at radius 1 is 0.312 bits per heavy atom. The van der Waals surface area contributed by atoms with Crippen LogP contribution < -0.4 is 0 Å². The molecule has 14 rings (SSSR count). The Bertz CT molecular complexity index is 4130. The second-order valence-corrected chi connectivity index (χ2v) is 16.6. The highest BCUT2D eigenvalue weighted by Gasteiger charge is 2.21. The molecule has 0 aliphatic carbocycles. The van der Waals surface area contributed by atoms with Crippen LogP contribution in [0.4, 0.5) is 0 Å². The summed E-state index contributed by atoms with van der Waals surface area (Å²) in [4.78, 5) is 9.82. The Morgan fingerprint density at radius 3 is 1.45 bits per heavy atom. The molecule has 0 spiro atoms. The number of furan rings is 1. The van der Waals surface area contributed by atoms with Crippen LogP contribution in [0.1, 0.15) is 0 Å². The lowest BCUT2D eigenvalue weighted by atomic mass is 10.0. The summed E-state index contributed by atoms with van der Waals surface area (Å²) in [5, 5.41) is 8.21. The first-order chi connectivity index (χ1) is 31.7. The number of rotatable bonds is 5. The number of para-hydroxylation sites is 5. The first-order valence-corrected chi connectivity index (χ1v) is 21.6. The van der Waals surface area contributed by atoms with E-state index in [1.807, 2.05) is 0 Å². The first-order valence-electron chi connectivity index (χ1n) is 21.6. The van der Waals surface area contributed by atoms with Gasteiger partial charge in [0, 0.05) is 49.1 Å². The molecule has 5 heterocycles. The van der Waals surface area contributed by atoms with E-state index >= 15 is 0 Å². The van der Waals surface area contributed by atoms with E-state index in [1.165, 1.54) is 43.6 Å². The molecule has 64 heavy (non-hydrogen) atoms. The number of fused-ring (bicyclic) bond motifs is 12. The van der Waals surface area contributed by atoms with Gasteiger partial charge in [0.15, 0.2) is 11.4 Å². The smallest absolute Gasteiger partial charge is 0.197 e. The van der Waals surface area contributed by atoms with Gasteiger partial charge in [-0.05, 0) is 101 Å². The summed E-state index contributed by atoms with van der Waals surface area (Å²) in [5.41, 5.74) is 15.8. The maximum absolute atomic E-state index is 6.74. The minimum absolute atomic E-state index is 0.652. The van der Waals surface area contributed by atoms with Gasteiger partial charge >= 0.3 is 0 Å². The quantitative estimate of drug-likeness (QED) is 0.174. The van der Waals surface area contributed by atoms with Crippen molar-refractivity contribution >= 4 is 87.5 Å². The lowest BCUT2D eigenvalue weighted by Gasteiger charge is -2.09. The second-order valence-electron chi connectivity index (χ2n) is 16.6. The molecule has 6 heteroatoms. The SMILES string of the molecule is c1ccc(-n2c3ccccc3c3cc(-c4ccc5c6ccccc6n(-c6ncnc7c6oc6ccc(-c8ccc(-n9c%10ccccc%10c%10ccccc%109)cc8)cc67)c5c4)ccc32)cc1. The summed E-state index contributed by atoms with van der Waals surface area (Å²) >= 11 is 0. The average molecular weight is 818 g/mol. The molecule has 0 saturated carbocycles. The minimum atomic E-state index is 0.652. The van der Waals surface area contributed by atoms with Gasteiger partial charge in [0.1, 0.15) is 17.4 Å². The van der Waals surface area contributed by atoms with Crippen molar-refractivity contribution in [3.63, 3.8) is 0 Å². The van der Waals surface area contributed by atoms with Crippen molar-refractivity contribution in [2.45, 2.75) is 0 Å². The van der Waals surface area contributed by atoms with Crippen LogP contribution in [0.25, 0.3) is 127 Å². The highest BCUT2D eigenvalue weighted by molar-refractivity contribution is 6.14. The monoisotopic (exact) mass is 817 g/mol. The molecule has 0 unspecified atom stereocenters. The molecular weight excluding hydrogens is 783 g/mol. The van der Waals surface area contributed by atoms with Crippen LogP contribution in [0.3, 0.4) is 0 Å². The average Bonchev–Trinajstić information content (AvgIpc) is 4.10. The van der Waals surface area contributed by atoms with Gasteiger partial charge in [-0.25, -0.2) is 9.97 Å². The molecule has 0 bridgehead atoms. The highest BCUT2D eigenvalue weighted by Crippen LogP contribution is 2.41. The summed E-state index contributed by atoms with van der Waals surface area (Å²) in [7, 11) is 0. The molecule has 0 amide bonds. The zero-order valence-electron chi connectivity index (χ0n) is 34.4. The maximum atomic E-state index is 6.74. The molecule has 0 saturated heterocycles. The molecule has 5 aromatic heterocycles. The Balaban J connectivity index is 0.893. The largest absolute Gasteiger partial charge is 0.450 e. The van der Waals surface area contributed by atoms with Crippen LogP contribution in [0.2, 0.25) is 0 Å². The van der Waals surface area contributed by atoms with Crippen molar-refractivity contribution in [3.05, 3.63) is 213 Å². The topological polar surface area (TPSA) is 53.7 Å². The van der Waals surface area contributed by atoms with Crippen LogP contribution in [0.15, 0.2) is 217 Å². The fourth-order valence-electron chi connectivity index (χ4n) is 10.3. The molecule has 0 atom stereocenters. The van der Waals surface area contributed by atoms with Gasteiger partial charge in [-0.3, -0.25) is 4.57 Å². The van der Waals surface area contributed by atoms with E-state index < -0.39 is 0 Å². The van der Waals surface area contributed by atoms with Gasteiger partial charge in [0.05, 0.1) is 33.1 Å². The number of hydrogen-bond acceptors (Lipinski definition) is 3. The van der Waals surface area contributed by atoms with E-state index in [-0.39, 0.29) is 0 Å². The van der Waals surface area contributed by atoms with Crippen LogP contribution in [-0.2, 0) is 0 Å². The van der Waals surface area contributed by atoms with Crippen molar-refractivity contribution in [1.82, 2.24) is 23.7 Å². The molecular formula is C58H35N5O. The van der Waals surface area contributed by atoms with Gasteiger partial charge < -0.3 is 13.6 Å². The first kappa shape index (κ1) is 34.9. The number of hydrogen-bond donors (Lipinski definition) is 0. The summed E-state index contributed by atoms with van der Waals surface area (Å²) in [6.07, 6.45) is 1.67. The van der Waals surface area contributed by atoms with E-state index in [1.54, 1.807) is 6.33 Å². The lowest BCUT2D eigenvalue weighted by Crippen LogP contribution is -1.98. The van der Waals surface area contributed by atoms with Gasteiger partial charge in [0.2, 0.25) is 0 Å². The van der Waals surface area contributed by atoms with Gasteiger partial charge in [-0.1, -0.05) is 127 Å². The molecule has 0 aliphatic heterocycles. The molecule has 0 N–H and O–H groups in total. The molecule has 298 valence electrons. The lowest BCUT2D eigenvalue weighted by molar-refractivity contribution is 0.662. The van der Waals surface area contributed by atoms with Crippen molar-refractivity contribution in [2.75, 3.05) is 0 Å². The Labute approximate surface area is 366 Å². The van der Waals surface area contributed by atoms with Gasteiger partial charge in [-0.15, -0.1) is 0 Å². The Morgan fingerprint density at radius 2 is 0.781 bits per heavy atom. The number of aromatic nitrogens is 5. The number of benzene rings is 9. The summed E-state index contributed by atoms with van der Waals surface area (Å²) in [6, 6.07) is 73.9. The molecule has 0 aliphatic rings. The van der Waals surface area contributed by atoms with Crippen LogP contribution in [-0.4, -0.2) is 23.7 Å². The molecule has 9 aromatic carbocycles. The van der Waals surface area contributed by atoms with Crippen LogP contribution in [0.5, 0.6) is 0 Å². The van der Waals surface area contributed by atoms with E-state index in [2.05, 4.69) is 220 Å². The van der Waals surface area contributed by atoms with E-state index in [0.29, 0.717) is 11.4 Å². The molecule has 14 aromatic rings. The third kappa shape index (κ3) is 5.02. The zero-order valence-corrected chi connectivity index (χ0v) is 34.4. The molecule has 6 nitrogen and oxygen atoms in total. The fourth-order valence-corrected chi connectivity index (χ4v) is 10.3. The molecule has 0 fully saturated rings. The fraction of sp³-hybridized carbons (Fsp3) is 0. The predicted molar refractivity (Wildman–Crippen MR) is 263 cm³/mol. The van der Waals surface area contributed by atoms with Crippen molar-refractivity contribution < 1.29 is 4.42 Å². The third-order valence-corrected chi connectivity index (χ3v) is 13.2. The Kier molecular flexibility index (Phi) is 7.30. The summed E-state index contributed by atoms with van der Waals surface area (Å²) in [6.45, 7) is 0. The van der Waals surface area contributed by atoms with Crippen molar-refractivity contribution in [3.8, 4) is 39.4 Å². The molecule has 0 radical (unpaired) electrons. The number of nitrogens with zero attached hydrogens (tertiary/aromatic N) is 5. The summed E-state index contributed by atoms with van der Waals surface area (Å²) in [5.74, 6) is 0.711. The normalized spacial score (nSPS) is 12.1. The van der Waals surface area contributed by atoms with E-state index in [0.717, 1.165) is 71.9 Å². The highest BCUT2D eigenvalue weighted by atomic mass is 16.3. The van der Waals surface area contributed by atoms with Gasteiger partial charge in [0.25, 0.3) is 0 Å². The zero-order chi connectivity index (χ0) is 41.9. The van der Waals surface area contributed by atoms with Crippen LogP contribution >= 0.6 is 0 Å². The Hall–Kier alpha value is -8.74. The summed E-state index contributed by atoms with van der Waals surface area (Å²) < 4.78 is 13.7. The maximum Gasteiger partial charge on any atom is 0.197 e. The van der Waals surface area contributed by atoms with Crippen LogP contribution in [0, 0.1) is 0 Å². The van der Waals surface area contributed by atoms with Crippen molar-refractivity contribution in [1.29, 1.82) is 0 Å². The van der Waals surface area contributed by atoms with E-state index in [4.69, 9.17) is 14.4 Å². The standard InChI is InChI=1S/C58H35N5O/c1-2-12-40(13-3-1)61-51-20-10-7-17-45(51)47-32-38(25-30-53(47)61)39-24-29-46-44-16-6-11-21-52(44)63(54(46)34-39)58-57-56(59-35-60-58)48-33-37(26-31-55(48)64-57)36-22-27-41(28-23-36)62-49-18-8-4-14-42(49)43-15-5-9-19-50(43)62/h1-35H. The van der Waals surface area contributed by atoms with E-state index in [9.17, 15) is 0 Å². The second kappa shape index (κ2) is 13.4. The van der Waals surface area contributed by atoms with Gasteiger partial charge in [-0.2, -0.15) is 0 Å². The minimum Gasteiger partial charge on any atom is -0.450 e. The third-order valence-electron chi connectivity index (χ3n) is 13.2. The van der Waals surface area contributed by atoms with Crippen molar-refractivity contribution in [2.24, 2.45) is 0 Å². The predicted octanol–water partition coefficient (Wildman–Crippen LogP) is 15.0.